The summed E-state index contributed by atoms with van der Waals surface area (Å²) in [5.41, 5.74) is 1.22. The average molecular weight is 249 g/mol. The Morgan fingerprint density at radius 2 is 1.89 bits per heavy atom. The minimum Gasteiger partial charge on any atom is -0.395 e. The standard InChI is InChI=1S/C15H23NO2/c17-11-13(10-12-6-2-1-3-7-12)16-14-8-4-5-9-15(14)18/h1-3,6-7,13-18H,4-5,8-11H2. The van der Waals surface area contributed by atoms with Crippen LogP contribution < -0.4 is 5.32 Å². The first-order valence-electron chi connectivity index (χ1n) is 6.88. The van der Waals surface area contributed by atoms with Crippen molar-refractivity contribution in [3.05, 3.63) is 35.9 Å². The molecular weight excluding hydrogens is 226 g/mol. The van der Waals surface area contributed by atoms with Crippen LogP contribution in [0.15, 0.2) is 30.3 Å². The van der Waals surface area contributed by atoms with Crippen molar-refractivity contribution in [2.75, 3.05) is 6.61 Å². The van der Waals surface area contributed by atoms with Gasteiger partial charge in [0.25, 0.3) is 0 Å². The zero-order valence-corrected chi connectivity index (χ0v) is 10.8. The molecule has 0 radical (unpaired) electrons. The molecule has 1 aromatic rings. The maximum atomic E-state index is 9.94. The normalized spacial score (nSPS) is 25.9. The minimum absolute atomic E-state index is 0.0325. The average Bonchev–Trinajstić information content (AvgIpc) is 2.41. The van der Waals surface area contributed by atoms with Crippen molar-refractivity contribution >= 4 is 0 Å². The summed E-state index contributed by atoms with van der Waals surface area (Å²) in [4.78, 5) is 0. The first-order chi connectivity index (χ1) is 8.79. The van der Waals surface area contributed by atoms with E-state index in [0.717, 1.165) is 32.1 Å². The van der Waals surface area contributed by atoms with Crippen LogP contribution in [0.3, 0.4) is 0 Å². The van der Waals surface area contributed by atoms with Crippen molar-refractivity contribution in [1.29, 1.82) is 0 Å². The molecule has 18 heavy (non-hydrogen) atoms. The molecule has 2 rings (SSSR count). The van der Waals surface area contributed by atoms with Gasteiger partial charge in [-0.1, -0.05) is 43.2 Å². The molecular formula is C15H23NO2. The van der Waals surface area contributed by atoms with E-state index in [-0.39, 0.29) is 24.8 Å². The van der Waals surface area contributed by atoms with E-state index in [1.807, 2.05) is 18.2 Å². The summed E-state index contributed by atoms with van der Waals surface area (Å²) < 4.78 is 0. The minimum atomic E-state index is -0.261. The maximum absolute atomic E-state index is 9.94. The molecule has 0 aliphatic heterocycles. The summed E-state index contributed by atoms with van der Waals surface area (Å²) >= 11 is 0. The third-order valence-electron chi connectivity index (χ3n) is 3.72. The summed E-state index contributed by atoms with van der Waals surface area (Å²) in [5.74, 6) is 0. The molecule has 3 nitrogen and oxygen atoms in total. The van der Waals surface area contributed by atoms with Crippen LogP contribution in [-0.4, -0.2) is 35.0 Å². The van der Waals surface area contributed by atoms with Gasteiger partial charge in [0.1, 0.15) is 0 Å². The van der Waals surface area contributed by atoms with Gasteiger partial charge >= 0.3 is 0 Å². The molecule has 1 aliphatic carbocycles. The summed E-state index contributed by atoms with van der Waals surface area (Å²) in [5, 5.41) is 22.8. The van der Waals surface area contributed by atoms with Gasteiger partial charge in [-0.15, -0.1) is 0 Å². The summed E-state index contributed by atoms with van der Waals surface area (Å²) in [6.07, 6.45) is 4.71. The second-order valence-corrected chi connectivity index (χ2v) is 5.19. The second kappa shape index (κ2) is 6.88. The van der Waals surface area contributed by atoms with Gasteiger partial charge in [0.2, 0.25) is 0 Å². The highest BCUT2D eigenvalue weighted by Gasteiger charge is 2.25. The number of aliphatic hydroxyl groups is 2. The molecule has 100 valence electrons. The van der Waals surface area contributed by atoms with Crippen molar-refractivity contribution in [3.8, 4) is 0 Å². The number of benzene rings is 1. The predicted molar refractivity (Wildman–Crippen MR) is 72.4 cm³/mol. The van der Waals surface area contributed by atoms with Crippen LogP contribution in [0.5, 0.6) is 0 Å². The molecule has 3 atom stereocenters. The van der Waals surface area contributed by atoms with E-state index in [1.165, 1.54) is 5.56 Å². The molecule has 0 spiro atoms. The number of nitrogens with one attached hydrogen (secondary N) is 1. The zero-order chi connectivity index (χ0) is 12.8. The fourth-order valence-electron chi connectivity index (χ4n) is 2.68. The van der Waals surface area contributed by atoms with Crippen LogP contribution >= 0.6 is 0 Å². The molecule has 3 N–H and O–H groups in total. The summed E-state index contributed by atoms with van der Waals surface area (Å²) in [6, 6.07) is 10.3. The van der Waals surface area contributed by atoms with Gasteiger partial charge in [-0.3, -0.25) is 0 Å². The SMILES string of the molecule is OCC(Cc1ccccc1)NC1CCCCC1O. The monoisotopic (exact) mass is 249 g/mol. The van der Waals surface area contributed by atoms with E-state index >= 15 is 0 Å². The Labute approximate surface area is 109 Å². The summed E-state index contributed by atoms with van der Waals surface area (Å²) in [7, 11) is 0. The van der Waals surface area contributed by atoms with E-state index in [4.69, 9.17) is 0 Å². The van der Waals surface area contributed by atoms with Gasteiger partial charge in [-0.25, -0.2) is 0 Å². The Morgan fingerprint density at radius 3 is 2.56 bits per heavy atom. The Bertz CT molecular complexity index is 342. The van der Waals surface area contributed by atoms with Crippen LogP contribution in [-0.2, 0) is 6.42 Å². The lowest BCUT2D eigenvalue weighted by atomic mass is 9.91. The topological polar surface area (TPSA) is 52.5 Å². The van der Waals surface area contributed by atoms with Gasteiger partial charge in [0.15, 0.2) is 0 Å². The number of aliphatic hydroxyl groups excluding tert-OH is 2. The van der Waals surface area contributed by atoms with E-state index in [1.54, 1.807) is 0 Å². The van der Waals surface area contributed by atoms with Crippen molar-refractivity contribution < 1.29 is 10.2 Å². The van der Waals surface area contributed by atoms with Crippen molar-refractivity contribution in [1.82, 2.24) is 5.32 Å². The highest BCUT2D eigenvalue weighted by atomic mass is 16.3. The number of hydrogen-bond acceptors (Lipinski definition) is 3. The molecule has 0 bridgehead atoms. The molecule has 0 aromatic heterocycles. The quantitative estimate of drug-likeness (QED) is 0.741. The van der Waals surface area contributed by atoms with Crippen molar-refractivity contribution in [2.45, 2.75) is 50.3 Å². The van der Waals surface area contributed by atoms with Gasteiger partial charge in [0, 0.05) is 12.1 Å². The maximum Gasteiger partial charge on any atom is 0.0693 e. The lowest BCUT2D eigenvalue weighted by molar-refractivity contribution is 0.0784. The highest BCUT2D eigenvalue weighted by molar-refractivity contribution is 5.16. The largest absolute Gasteiger partial charge is 0.395 e. The predicted octanol–water partition coefficient (Wildman–Crippen LogP) is 1.48. The van der Waals surface area contributed by atoms with Crippen LogP contribution in [0.25, 0.3) is 0 Å². The first kappa shape index (κ1) is 13.5. The second-order valence-electron chi connectivity index (χ2n) is 5.19. The Balaban J connectivity index is 1.88. The van der Waals surface area contributed by atoms with Crippen LogP contribution in [0.4, 0.5) is 0 Å². The zero-order valence-electron chi connectivity index (χ0n) is 10.8. The molecule has 1 saturated carbocycles. The molecule has 1 aromatic carbocycles. The highest BCUT2D eigenvalue weighted by Crippen LogP contribution is 2.19. The third kappa shape index (κ3) is 3.80. The van der Waals surface area contributed by atoms with Gasteiger partial charge < -0.3 is 15.5 Å². The Morgan fingerprint density at radius 1 is 1.17 bits per heavy atom. The van der Waals surface area contributed by atoms with Gasteiger partial charge in [-0.2, -0.15) is 0 Å². The molecule has 0 heterocycles. The van der Waals surface area contributed by atoms with Gasteiger partial charge in [0.05, 0.1) is 12.7 Å². The molecule has 3 heteroatoms. The first-order valence-corrected chi connectivity index (χ1v) is 6.88. The number of rotatable bonds is 5. The van der Waals surface area contributed by atoms with E-state index in [0.29, 0.717) is 0 Å². The smallest absolute Gasteiger partial charge is 0.0693 e. The lowest BCUT2D eigenvalue weighted by Crippen LogP contribution is -2.49. The fourth-order valence-corrected chi connectivity index (χ4v) is 2.68. The number of hydrogen-bond donors (Lipinski definition) is 3. The van der Waals surface area contributed by atoms with E-state index in [2.05, 4.69) is 17.4 Å². The molecule has 0 amide bonds. The van der Waals surface area contributed by atoms with Gasteiger partial charge in [-0.05, 0) is 24.8 Å². The molecule has 3 unspecified atom stereocenters. The van der Waals surface area contributed by atoms with Crippen molar-refractivity contribution in [3.63, 3.8) is 0 Å². The lowest BCUT2D eigenvalue weighted by Gasteiger charge is -2.31. The third-order valence-corrected chi connectivity index (χ3v) is 3.72. The van der Waals surface area contributed by atoms with Crippen molar-refractivity contribution in [2.24, 2.45) is 0 Å². The Hall–Kier alpha value is -0.900. The summed E-state index contributed by atoms with van der Waals surface area (Å²) in [6.45, 7) is 0.109. The Kier molecular flexibility index (Phi) is 5.17. The molecule has 1 aliphatic rings. The molecule has 1 fully saturated rings. The van der Waals surface area contributed by atoms with E-state index < -0.39 is 0 Å². The van der Waals surface area contributed by atoms with E-state index in [9.17, 15) is 10.2 Å². The molecule has 0 saturated heterocycles. The van der Waals surface area contributed by atoms with Crippen LogP contribution in [0, 0.1) is 0 Å². The fraction of sp³-hybridized carbons (Fsp3) is 0.600. The van der Waals surface area contributed by atoms with Crippen LogP contribution in [0.1, 0.15) is 31.2 Å². The van der Waals surface area contributed by atoms with Crippen LogP contribution in [0.2, 0.25) is 0 Å².